The zero-order chi connectivity index (χ0) is 25.2. The number of amides is 2. The van der Waals surface area contributed by atoms with Gasteiger partial charge in [-0.25, -0.2) is 0 Å². The summed E-state index contributed by atoms with van der Waals surface area (Å²) < 4.78 is 0. The van der Waals surface area contributed by atoms with Gasteiger partial charge in [0, 0.05) is 24.5 Å². The SMILES string of the molecule is O=C(NCc1ccccc1Cl)C(c1ccccc1)N(Cc1ccccc1)C(=O)CCc1ccccc1. The van der Waals surface area contributed by atoms with Crippen LogP contribution in [0.3, 0.4) is 0 Å². The quantitative estimate of drug-likeness (QED) is 0.278. The highest BCUT2D eigenvalue weighted by Gasteiger charge is 2.31. The smallest absolute Gasteiger partial charge is 0.247 e. The third kappa shape index (κ3) is 6.83. The molecule has 4 aromatic rings. The summed E-state index contributed by atoms with van der Waals surface area (Å²) in [5.74, 6) is -0.324. The van der Waals surface area contributed by atoms with E-state index in [0.717, 1.165) is 22.3 Å². The van der Waals surface area contributed by atoms with Crippen LogP contribution in [0.4, 0.5) is 0 Å². The average Bonchev–Trinajstić information content (AvgIpc) is 2.92. The fourth-order valence-corrected chi connectivity index (χ4v) is 4.37. The lowest BCUT2D eigenvalue weighted by Crippen LogP contribution is -2.43. The van der Waals surface area contributed by atoms with Crippen molar-refractivity contribution >= 4 is 23.4 Å². The van der Waals surface area contributed by atoms with E-state index >= 15 is 0 Å². The standard InChI is InChI=1S/C31H29ClN2O2/c32-28-19-11-10-18-27(28)22-33-31(36)30(26-16-8-3-9-17-26)34(23-25-14-6-2-7-15-25)29(35)21-20-24-12-4-1-5-13-24/h1-19,30H,20-23H2,(H,33,36). The molecule has 2 amide bonds. The molecular weight excluding hydrogens is 468 g/mol. The number of carbonyl (C=O) groups is 2. The number of hydrogen-bond donors (Lipinski definition) is 1. The maximum absolute atomic E-state index is 13.7. The first kappa shape index (κ1) is 25.2. The molecule has 0 aromatic heterocycles. The van der Waals surface area contributed by atoms with Gasteiger partial charge in [-0.3, -0.25) is 9.59 Å². The molecule has 4 rings (SSSR count). The predicted octanol–water partition coefficient (Wildman–Crippen LogP) is 6.36. The van der Waals surface area contributed by atoms with Crippen LogP contribution in [0.15, 0.2) is 115 Å². The molecule has 4 aromatic carbocycles. The van der Waals surface area contributed by atoms with Gasteiger partial charge in [0.2, 0.25) is 11.8 Å². The molecule has 182 valence electrons. The third-order valence-electron chi connectivity index (χ3n) is 6.07. The number of nitrogens with one attached hydrogen (secondary N) is 1. The van der Waals surface area contributed by atoms with Crippen LogP contribution in [0, 0.1) is 0 Å². The van der Waals surface area contributed by atoms with Crippen LogP contribution in [0.1, 0.15) is 34.7 Å². The Hall–Kier alpha value is -3.89. The van der Waals surface area contributed by atoms with Crippen LogP contribution in [0.2, 0.25) is 5.02 Å². The lowest BCUT2D eigenvalue weighted by atomic mass is 10.0. The highest BCUT2D eigenvalue weighted by atomic mass is 35.5. The van der Waals surface area contributed by atoms with E-state index < -0.39 is 6.04 Å². The Morgan fingerprint density at radius 1 is 0.722 bits per heavy atom. The van der Waals surface area contributed by atoms with E-state index in [1.807, 2.05) is 109 Å². The van der Waals surface area contributed by atoms with Gasteiger partial charge < -0.3 is 10.2 Å². The molecule has 0 heterocycles. The van der Waals surface area contributed by atoms with E-state index in [4.69, 9.17) is 11.6 Å². The molecule has 0 radical (unpaired) electrons. The second kappa shape index (κ2) is 12.7. The van der Waals surface area contributed by atoms with E-state index in [0.29, 0.717) is 24.4 Å². The minimum absolute atomic E-state index is 0.0792. The number of hydrogen-bond acceptors (Lipinski definition) is 2. The van der Waals surface area contributed by atoms with E-state index in [1.165, 1.54) is 0 Å². The first-order valence-corrected chi connectivity index (χ1v) is 12.4. The fourth-order valence-electron chi connectivity index (χ4n) is 4.17. The molecule has 0 bridgehead atoms. The molecule has 0 aliphatic heterocycles. The van der Waals surface area contributed by atoms with Crippen LogP contribution in [0.5, 0.6) is 0 Å². The first-order chi connectivity index (χ1) is 17.6. The number of aryl methyl sites for hydroxylation is 1. The lowest BCUT2D eigenvalue weighted by molar-refractivity contribution is -0.141. The van der Waals surface area contributed by atoms with Crippen molar-refractivity contribution in [2.75, 3.05) is 0 Å². The summed E-state index contributed by atoms with van der Waals surface area (Å²) in [5, 5.41) is 3.61. The summed E-state index contributed by atoms with van der Waals surface area (Å²) in [6, 6.07) is 35.8. The number of carbonyl (C=O) groups excluding carboxylic acids is 2. The van der Waals surface area contributed by atoms with Crippen LogP contribution in [-0.4, -0.2) is 16.7 Å². The predicted molar refractivity (Wildman–Crippen MR) is 144 cm³/mol. The van der Waals surface area contributed by atoms with Gasteiger partial charge in [0.05, 0.1) is 0 Å². The molecule has 0 spiro atoms. The van der Waals surface area contributed by atoms with Crippen LogP contribution in [0.25, 0.3) is 0 Å². The molecular formula is C31H29ClN2O2. The lowest BCUT2D eigenvalue weighted by Gasteiger charge is -2.32. The molecule has 0 saturated heterocycles. The number of rotatable bonds is 10. The number of halogens is 1. The van der Waals surface area contributed by atoms with Gasteiger partial charge in [0.1, 0.15) is 6.04 Å². The van der Waals surface area contributed by atoms with Crippen molar-refractivity contribution in [2.45, 2.75) is 32.0 Å². The molecule has 36 heavy (non-hydrogen) atoms. The Labute approximate surface area is 217 Å². The third-order valence-corrected chi connectivity index (χ3v) is 6.44. The van der Waals surface area contributed by atoms with Gasteiger partial charge in [-0.1, -0.05) is 121 Å². The maximum atomic E-state index is 13.7. The van der Waals surface area contributed by atoms with E-state index in [-0.39, 0.29) is 18.4 Å². The van der Waals surface area contributed by atoms with Crippen molar-refractivity contribution in [2.24, 2.45) is 0 Å². The van der Waals surface area contributed by atoms with Crippen LogP contribution in [-0.2, 0) is 29.1 Å². The second-order valence-corrected chi connectivity index (χ2v) is 9.02. The minimum Gasteiger partial charge on any atom is -0.350 e. The molecule has 0 saturated carbocycles. The monoisotopic (exact) mass is 496 g/mol. The molecule has 0 fully saturated rings. The van der Waals surface area contributed by atoms with Crippen molar-refractivity contribution < 1.29 is 9.59 Å². The number of nitrogens with zero attached hydrogens (tertiary/aromatic N) is 1. The van der Waals surface area contributed by atoms with Crippen molar-refractivity contribution in [1.29, 1.82) is 0 Å². The Balaban J connectivity index is 1.62. The summed E-state index contributed by atoms with van der Waals surface area (Å²) in [6.45, 7) is 0.604. The summed E-state index contributed by atoms with van der Waals surface area (Å²) in [6.07, 6.45) is 0.908. The normalized spacial score (nSPS) is 11.5. The van der Waals surface area contributed by atoms with Gasteiger partial charge in [0.25, 0.3) is 0 Å². The maximum Gasteiger partial charge on any atom is 0.247 e. The Morgan fingerprint density at radius 2 is 1.28 bits per heavy atom. The Kier molecular flexibility index (Phi) is 8.90. The Morgan fingerprint density at radius 3 is 1.92 bits per heavy atom. The largest absolute Gasteiger partial charge is 0.350 e. The summed E-state index contributed by atoms with van der Waals surface area (Å²) in [4.78, 5) is 29.1. The van der Waals surface area contributed by atoms with Crippen molar-refractivity contribution in [3.05, 3.63) is 143 Å². The van der Waals surface area contributed by atoms with E-state index in [2.05, 4.69) is 5.32 Å². The van der Waals surface area contributed by atoms with Gasteiger partial charge in [-0.2, -0.15) is 0 Å². The van der Waals surface area contributed by atoms with Crippen molar-refractivity contribution in [1.82, 2.24) is 10.2 Å². The summed E-state index contributed by atoms with van der Waals surface area (Å²) >= 11 is 6.31. The summed E-state index contributed by atoms with van der Waals surface area (Å²) in [5.41, 5.74) is 3.64. The van der Waals surface area contributed by atoms with Crippen LogP contribution >= 0.6 is 11.6 Å². The molecule has 0 aliphatic carbocycles. The van der Waals surface area contributed by atoms with Crippen molar-refractivity contribution in [3.8, 4) is 0 Å². The fraction of sp³-hybridized carbons (Fsp3) is 0.161. The average molecular weight is 497 g/mol. The van der Waals surface area contributed by atoms with E-state index in [1.54, 1.807) is 11.0 Å². The minimum atomic E-state index is -0.780. The Bertz CT molecular complexity index is 1260. The molecule has 1 unspecified atom stereocenters. The molecule has 4 nitrogen and oxygen atoms in total. The highest BCUT2D eigenvalue weighted by molar-refractivity contribution is 6.31. The molecule has 1 N–H and O–H groups in total. The first-order valence-electron chi connectivity index (χ1n) is 12.0. The molecule has 5 heteroatoms. The van der Waals surface area contributed by atoms with Gasteiger partial charge in [0.15, 0.2) is 0 Å². The van der Waals surface area contributed by atoms with Crippen molar-refractivity contribution in [3.63, 3.8) is 0 Å². The number of benzene rings is 4. The molecule has 1 atom stereocenters. The zero-order valence-corrected chi connectivity index (χ0v) is 20.8. The van der Waals surface area contributed by atoms with Gasteiger partial charge >= 0.3 is 0 Å². The topological polar surface area (TPSA) is 49.4 Å². The van der Waals surface area contributed by atoms with Crippen LogP contribution < -0.4 is 5.32 Å². The molecule has 0 aliphatic rings. The van der Waals surface area contributed by atoms with Gasteiger partial charge in [-0.15, -0.1) is 0 Å². The summed E-state index contributed by atoms with van der Waals surface area (Å²) in [7, 11) is 0. The zero-order valence-electron chi connectivity index (χ0n) is 20.0. The highest BCUT2D eigenvalue weighted by Crippen LogP contribution is 2.26. The second-order valence-electron chi connectivity index (χ2n) is 8.62. The van der Waals surface area contributed by atoms with E-state index in [9.17, 15) is 9.59 Å². The van der Waals surface area contributed by atoms with Gasteiger partial charge in [-0.05, 0) is 34.7 Å².